The van der Waals surface area contributed by atoms with Gasteiger partial charge in [0.15, 0.2) is 0 Å². The molecule has 0 spiro atoms. The van der Waals surface area contributed by atoms with Gasteiger partial charge in [-0.3, -0.25) is 4.79 Å². The molecule has 2 atom stereocenters. The molecule has 3 N–H and O–H groups in total. The molecule has 1 aromatic carbocycles. The fourth-order valence-electron chi connectivity index (χ4n) is 2.02. The Morgan fingerprint density at radius 3 is 2.60 bits per heavy atom. The second-order valence-electron chi connectivity index (χ2n) is 4.73. The lowest BCUT2D eigenvalue weighted by atomic mass is 10.1. The lowest BCUT2D eigenvalue weighted by molar-refractivity contribution is -0.123. The SMILES string of the molecule is CCC[C@@H](N)C(=O)NC(C)c1cc(OC)ccc1OC. The third kappa shape index (κ3) is 4.13. The van der Waals surface area contributed by atoms with Gasteiger partial charge in [-0.25, -0.2) is 0 Å². The van der Waals surface area contributed by atoms with E-state index in [1.165, 1.54) is 0 Å². The van der Waals surface area contributed by atoms with Crippen molar-refractivity contribution < 1.29 is 14.3 Å². The summed E-state index contributed by atoms with van der Waals surface area (Å²) < 4.78 is 10.5. The summed E-state index contributed by atoms with van der Waals surface area (Å²) in [5.74, 6) is 1.28. The molecular weight excluding hydrogens is 256 g/mol. The van der Waals surface area contributed by atoms with Gasteiger partial charge in [-0.15, -0.1) is 0 Å². The van der Waals surface area contributed by atoms with Gasteiger partial charge < -0.3 is 20.5 Å². The molecule has 1 unspecified atom stereocenters. The van der Waals surface area contributed by atoms with Gasteiger partial charge >= 0.3 is 0 Å². The molecule has 0 aliphatic heterocycles. The lowest BCUT2D eigenvalue weighted by Gasteiger charge is -2.20. The summed E-state index contributed by atoms with van der Waals surface area (Å²) in [6.07, 6.45) is 1.55. The zero-order valence-electron chi connectivity index (χ0n) is 12.6. The summed E-state index contributed by atoms with van der Waals surface area (Å²) in [7, 11) is 3.20. The predicted molar refractivity (Wildman–Crippen MR) is 79.0 cm³/mol. The maximum atomic E-state index is 12.0. The Morgan fingerprint density at radius 1 is 1.35 bits per heavy atom. The minimum absolute atomic E-state index is 0.149. The van der Waals surface area contributed by atoms with Crippen molar-refractivity contribution in [1.29, 1.82) is 0 Å². The molecule has 0 bridgehead atoms. The highest BCUT2D eigenvalue weighted by molar-refractivity contribution is 5.81. The highest BCUT2D eigenvalue weighted by atomic mass is 16.5. The molecule has 0 aliphatic rings. The van der Waals surface area contributed by atoms with Crippen LogP contribution in [-0.4, -0.2) is 26.2 Å². The van der Waals surface area contributed by atoms with Gasteiger partial charge in [0.1, 0.15) is 11.5 Å². The number of amides is 1. The summed E-state index contributed by atoms with van der Waals surface area (Å²) in [6, 6.07) is 4.83. The van der Waals surface area contributed by atoms with Crippen LogP contribution in [0.3, 0.4) is 0 Å². The molecule has 20 heavy (non-hydrogen) atoms. The summed E-state index contributed by atoms with van der Waals surface area (Å²) in [5, 5.41) is 2.91. The van der Waals surface area contributed by atoms with Crippen LogP contribution < -0.4 is 20.5 Å². The van der Waals surface area contributed by atoms with Gasteiger partial charge in [0.25, 0.3) is 0 Å². The van der Waals surface area contributed by atoms with Gasteiger partial charge in [0.2, 0.25) is 5.91 Å². The molecular formula is C15H24N2O3. The number of hydrogen-bond donors (Lipinski definition) is 2. The van der Waals surface area contributed by atoms with E-state index < -0.39 is 6.04 Å². The first kappa shape index (κ1) is 16.3. The first-order valence-electron chi connectivity index (χ1n) is 6.81. The summed E-state index contributed by atoms with van der Waals surface area (Å²) in [4.78, 5) is 12.0. The van der Waals surface area contributed by atoms with E-state index >= 15 is 0 Å². The first-order valence-corrected chi connectivity index (χ1v) is 6.81. The van der Waals surface area contributed by atoms with E-state index in [-0.39, 0.29) is 11.9 Å². The number of benzene rings is 1. The zero-order chi connectivity index (χ0) is 15.1. The Bertz CT molecular complexity index is 449. The summed E-state index contributed by atoms with van der Waals surface area (Å²) in [6.45, 7) is 3.90. The van der Waals surface area contributed by atoms with Crippen molar-refractivity contribution in [3.05, 3.63) is 23.8 Å². The van der Waals surface area contributed by atoms with Crippen LogP contribution in [0.25, 0.3) is 0 Å². The standard InChI is InChI=1S/C15H24N2O3/c1-5-6-13(16)15(18)17-10(2)12-9-11(19-3)7-8-14(12)20-4/h7-10,13H,5-6,16H2,1-4H3,(H,17,18)/t10?,13-/m1/s1. The van der Waals surface area contributed by atoms with Gasteiger partial charge in [-0.05, 0) is 31.5 Å². The average Bonchev–Trinajstić information content (AvgIpc) is 2.46. The number of methoxy groups -OCH3 is 2. The van der Waals surface area contributed by atoms with Crippen molar-refractivity contribution in [3.8, 4) is 11.5 Å². The van der Waals surface area contributed by atoms with Crippen molar-refractivity contribution in [2.45, 2.75) is 38.8 Å². The Balaban J connectivity index is 2.85. The molecule has 0 heterocycles. The van der Waals surface area contributed by atoms with Crippen molar-refractivity contribution >= 4 is 5.91 Å². The van der Waals surface area contributed by atoms with E-state index in [4.69, 9.17) is 15.2 Å². The molecule has 0 aromatic heterocycles. The van der Waals surface area contributed by atoms with Crippen molar-refractivity contribution in [2.24, 2.45) is 5.73 Å². The molecule has 5 nitrogen and oxygen atoms in total. The van der Waals surface area contributed by atoms with Crippen molar-refractivity contribution in [3.63, 3.8) is 0 Å². The van der Waals surface area contributed by atoms with Crippen molar-refractivity contribution in [2.75, 3.05) is 14.2 Å². The van der Waals surface area contributed by atoms with Crippen LogP contribution in [0.15, 0.2) is 18.2 Å². The molecule has 0 saturated carbocycles. The van der Waals surface area contributed by atoms with Gasteiger partial charge in [-0.1, -0.05) is 13.3 Å². The van der Waals surface area contributed by atoms with E-state index in [0.29, 0.717) is 12.2 Å². The van der Waals surface area contributed by atoms with E-state index in [2.05, 4.69) is 5.32 Å². The van der Waals surface area contributed by atoms with Crippen LogP contribution in [0.5, 0.6) is 11.5 Å². The number of rotatable bonds is 7. The Kier molecular flexibility index (Phi) is 6.31. The van der Waals surface area contributed by atoms with Crippen LogP contribution in [-0.2, 0) is 4.79 Å². The zero-order valence-corrected chi connectivity index (χ0v) is 12.6. The van der Waals surface area contributed by atoms with Crippen LogP contribution in [0.2, 0.25) is 0 Å². The number of hydrogen-bond acceptors (Lipinski definition) is 4. The lowest BCUT2D eigenvalue weighted by Crippen LogP contribution is -2.41. The predicted octanol–water partition coefficient (Wildman–Crippen LogP) is 2.01. The second-order valence-corrected chi connectivity index (χ2v) is 4.73. The maximum absolute atomic E-state index is 12.0. The molecule has 1 amide bonds. The maximum Gasteiger partial charge on any atom is 0.237 e. The average molecular weight is 280 g/mol. The monoisotopic (exact) mass is 280 g/mol. The molecule has 0 radical (unpaired) electrons. The molecule has 0 fully saturated rings. The molecule has 112 valence electrons. The minimum Gasteiger partial charge on any atom is -0.497 e. The number of nitrogens with one attached hydrogen (secondary N) is 1. The largest absolute Gasteiger partial charge is 0.497 e. The van der Waals surface area contributed by atoms with Gasteiger partial charge in [-0.2, -0.15) is 0 Å². The first-order chi connectivity index (χ1) is 9.53. The molecule has 5 heteroatoms. The number of nitrogens with two attached hydrogens (primary N) is 1. The molecule has 0 saturated heterocycles. The van der Waals surface area contributed by atoms with E-state index in [1.807, 2.05) is 32.0 Å². The third-order valence-electron chi connectivity index (χ3n) is 3.20. The molecule has 1 aromatic rings. The molecule has 0 aliphatic carbocycles. The third-order valence-corrected chi connectivity index (χ3v) is 3.20. The van der Waals surface area contributed by atoms with Crippen LogP contribution >= 0.6 is 0 Å². The van der Waals surface area contributed by atoms with E-state index in [9.17, 15) is 4.79 Å². The van der Waals surface area contributed by atoms with Crippen LogP contribution in [0.4, 0.5) is 0 Å². The highest BCUT2D eigenvalue weighted by Gasteiger charge is 2.18. The number of ether oxygens (including phenoxy) is 2. The normalized spacial score (nSPS) is 13.4. The minimum atomic E-state index is -0.473. The Hall–Kier alpha value is -1.75. The van der Waals surface area contributed by atoms with Crippen molar-refractivity contribution in [1.82, 2.24) is 5.32 Å². The fourth-order valence-corrected chi connectivity index (χ4v) is 2.02. The quantitative estimate of drug-likeness (QED) is 0.801. The smallest absolute Gasteiger partial charge is 0.237 e. The second kappa shape index (κ2) is 7.75. The molecule has 1 rings (SSSR count). The summed E-state index contributed by atoms with van der Waals surface area (Å²) >= 11 is 0. The van der Waals surface area contributed by atoms with Gasteiger partial charge in [0.05, 0.1) is 26.3 Å². The van der Waals surface area contributed by atoms with E-state index in [0.717, 1.165) is 17.7 Å². The number of carbonyl (C=O) groups excluding carboxylic acids is 1. The summed E-state index contributed by atoms with van der Waals surface area (Å²) in [5.41, 5.74) is 6.68. The fraction of sp³-hybridized carbons (Fsp3) is 0.533. The number of carbonyl (C=O) groups is 1. The Labute approximate surface area is 120 Å². The highest BCUT2D eigenvalue weighted by Crippen LogP contribution is 2.29. The van der Waals surface area contributed by atoms with Crippen LogP contribution in [0, 0.1) is 0 Å². The topological polar surface area (TPSA) is 73.6 Å². The van der Waals surface area contributed by atoms with Gasteiger partial charge in [0, 0.05) is 5.56 Å². The Morgan fingerprint density at radius 2 is 2.05 bits per heavy atom. The van der Waals surface area contributed by atoms with Crippen LogP contribution in [0.1, 0.15) is 38.3 Å². The van der Waals surface area contributed by atoms with E-state index in [1.54, 1.807) is 14.2 Å².